The van der Waals surface area contributed by atoms with Gasteiger partial charge in [-0.05, 0) is 44.9 Å². The quantitative estimate of drug-likeness (QED) is 0.0165. The number of likely N-dealkylation sites (N-methyl/N-ethyl adjacent to an activating group) is 1. The van der Waals surface area contributed by atoms with Gasteiger partial charge in [0.1, 0.15) is 13.2 Å². The minimum atomic E-state index is -4.64. The fraction of sp³-hybridized carbons (Fsp3) is 0.659. The van der Waals surface area contributed by atoms with Gasteiger partial charge in [-0.25, -0.2) is 0 Å². The largest absolute Gasteiger partial charge is 0.756 e. The summed E-state index contributed by atoms with van der Waals surface area (Å²) >= 11 is 0. The predicted molar refractivity (Wildman–Crippen MR) is 226 cm³/mol. The number of allylic oxidation sites excluding steroid dienone is 9. The number of quaternary nitrogens is 1. The molecule has 0 aromatic carbocycles. The van der Waals surface area contributed by atoms with E-state index in [0.717, 1.165) is 32.1 Å². The summed E-state index contributed by atoms with van der Waals surface area (Å²) in [4.78, 5) is 25.2. The summed E-state index contributed by atoms with van der Waals surface area (Å²) in [6.07, 6.45) is 39.9. The molecule has 0 bridgehead atoms. The Morgan fingerprint density at radius 2 is 1.33 bits per heavy atom. The highest BCUT2D eigenvalue weighted by Crippen LogP contribution is 2.38. The normalized spacial score (nSPS) is 16.5. The van der Waals surface area contributed by atoms with E-state index >= 15 is 0 Å². The lowest BCUT2D eigenvalue weighted by molar-refractivity contribution is -0.870. The molecular weight excluding hydrogens is 715 g/mol. The number of amides is 1. The van der Waals surface area contributed by atoms with E-state index in [0.29, 0.717) is 30.3 Å². The van der Waals surface area contributed by atoms with Crippen molar-refractivity contribution in [2.45, 2.75) is 147 Å². The van der Waals surface area contributed by atoms with E-state index in [1.165, 1.54) is 51.4 Å². The summed E-state index contributed by atoms with van der Waals surface area (Å²) in [7, 11) is 1.11. The lowest BCUT2D eigenvalue weighted by Gasteiger charge is -2.29. The van der Waals surface area contributed by atoms with Gasteiger partial charge in [-0.3, -0.25) is 9.36 Å². The highest BCUT2D eigenvalue weighted by molar-refractivity contribution is 7.45. The summed E-state index contributed by atoms with van der Waals surface area (Å²) in [5, 5.41) is 33.7. The van der Waals surface area contributed by atoms with Crippen LogP contribution in [0, 0.1) is 0 Å². The van der Waals surface area contributed by atoms with Crippen molar-refractivity contribution in [3.05, 3.63) is 85.1 Å². The maximum Gasteiger partial charge on any atom is 0.268 e. The van der Waals surface area contributed by atoms with E-state index in [1.807, 2.05) is 69.8 Å². The third-order valence-corrected chi connectivity index (χ3v) is 9.50. The predicted octanol–water partition coefficient (Wildman–Crippen LogP) is 8.33. The molecule has 10 nitrogen and oxygen atoms in total. The minimum absolute atomic E-state index is 0.0437. The molecule has 1 unspecified atom stereocenters. The molecule has 0 spiro atoms. The van der Waals surface area contributed by atoms with E-state index < -0.39 is 38.8 Å². The fourth-order valence-electron chi connectivity index (χ4n) is 5.18. The summed E-state index contributed by atoms with van der Waals surface area (Å²) in [5.74, 6) is -0.341. The molecule has 1 amide bonds. The monoisotopic (exact) mass is 793 g/mol. The van der Waals surface area contributed by atoms with Gasteiger partial charge in [-0.15, -0.1) is 0 Å². The second kappa shape index (κ2) is 34.8. The molecular formula is C44H77N2O8P. The van der Waals surface area contributed by atoms with Crippen molar-refractivity contribution in [1.29, 1.82) is 0 Å². The Kier molecular flexibility index (Phi) is 33.3. The van der Waals surface area contributed by atoms with Gasteiger partial charge in [0.15, 0.2) is 0 Å². The second-order valence-corrected chi connectivity index (χ2v) is 16.4. The average Bonchev–Trinajstić information content (AvgIpc) is 3.12. The number of carbonyl (C=O) groups is 1. The molecule has 316 valence electrons. The lowest BCUT2D eigenvalue weighted by atomic mass is 10.1. The van der Waals surface area contributed by atoms with Gasteiger partial charge < -0.3 is 39.1 Å². The molecule has 0 heterocycles. The van der Waals surface area contributed by atoms with Crippen LogP contribution in [0.25, 0.3) is 0 Å². The first kappa shape index (κ1) is 52.6. The van der Waals surface area contributed by atoms with Gasteiger partial charge in [0, 0.05) is 6.42 Å². The number of phosphoric acid groups is 1. The standard InChI is InChI=1S/C44H77N2O8P/c1-6-8-10-11-12-13-14-15-16-20-23-29-35-43(49)42(39-54-55(51,52)53-38-37-46(3,4)5)45-44(50)36-30-24-28-34-41(48)33-27-22-19-17-18-21-26-32-40(47)31-25-9-7-2/h9,18-19,21-22,25-29,32-35,40-43,47-49H,6-8,10-17,20,23-24,30-31,36-39H2,1-5H3,(H-,45,50,51,52)/b21-18-,22-19-,25-9-,32-26+,33-27+,34-28-,35-29+/t40-,41-,42-,43+/m0/s1. The topological polar surface area (TPSA) is 148 Å². The van der Waals surface area contributed by atoms with Crippen molar-refractivity contribution in [3.8, 4) is 0 Å². The minimum Gasteiger partial charge on any atom is -0.756 e. The van der Waals surface area contributed by atoms with Crippen molar-refractivity contribution < 1.29 is 43.1 Å². The Morgan fingerprint density at radius 3 is 1.96 bits per heavy atom. The SMILES string of the molecule is CC/C=C\C[C@H](O)/C=C/C=C\C/C=C\C=C\[C@H](O)/C=C\CCCC(=O)N[C@@H](COP(=O)([O-])OCC[N+](C)(C)C)[C@H](O)/C=C/CCCCCCCCCCCC. The van der Waals surface area contributed by atoms with Crippen molar-refractivity contribution >= 4 is 13.7 Å². The third-order valence-electron chi connectivity index (χ3n) is 8.54. The van der Waals surface area contributed by atoms with Crippen LogP contribution in [0.15, 0.2) is 85.1 Å². The van der Waals surface area contributed by atoms with Gasteiger partial charge in [0.25, 0.3) is 7.82 Å². The van der Waals surface area contributed by atoms with Crippen molar-refractivity contribution in [1.82, 2.24) is 5.32 Å². The Labute approximate surface area is 334 Å². The van der Waals surface area contributed by atoms with Crippen LogP contribution < -0.4 is 10.2 Å². The molecule has 0 aromatic heterocycles. The van der Waals surface area contributed by atoms with Crippen LogP contribution in [0.3, 0.4) is 0 Å². The number of nitrogens with zero attached hydrogens (tertiary/aromatic N) is 1. The number of hydrogen-bond donors (Lipinski definition) is 4. The van der Waals surface area contributed by atoms with E-state index in [9.17, 15) is 29.6 Å². The van der Waals surface area contributed by atoms with E-state index in [2.05, 4.69) is 19.2 Å². The van der Waals surface area contributed by atoms with E-state index in [4.69, 9.17) is 9.05 Å². The molecule has 4 N–H and O–H groups in total. The number of unbranched alkanes of at least 4 members (excludes halogenated alkanes) is 11. The molecule has 0 saturated heterocycles. The maximum absolute atomic E-state index is 12.8. The molecule has 5 atom stereocenters. The highest BCUT2D eigenvalue weighted by atomic mass is 31.2. The molecule has 0 radical (unpaired) electrons. The first-order chi connectivity index (χ1) is 26.3. The average molecular weight is 793 g/mol. The molecule has 55 heavy (non-hydrogen) atoms. The van der Waals surface area contributed by atoms with Gasteiger partial charge in [-0.2, -0.15) is 0 Å². The molecule has 0 rings (SSSR count). The second-order valence-electron chi connectivity index (χ2n) is 15.0. The molecule has 0 fully saturated rings. The highest BCUT2D eigenvalue weighted by Gasteiger charge is 2.23. The van der Waals surface area contributed by atoms with Crippen molar-refractivity contribution in [2.24, 2.45) is 0 Å². The Balaban J connectivity index is 4.77. The lowest BCUT2D eigenvalue weighted by Crippen LogP contribution is -2.45. The number of aliphatic hydroxyl groups is 3. The number of rotatable bonds is 35. The number of hydrogen-bond acceptors (Lipinski definition) is 8. The Bertz CT molecular complexity index is 1200. The first-order valence-corrected chi connectivity index (χ1v) is 22.1. The fourth-order valence-corrected chi connectivity index (χ4v) is 5.91. The third kappa shape index (κ3) is 37.0. The molecule has 0 aliphatic heterocycles. The van der Waals surface area contributed by atoms with Gasteiger partial charge in [0.05, 0.1) is 52.1 Å². The summed E-state index contributed by atoms with van der Waals surface area (Å²) in [6.45, 7) is 4.25. The first-order valence-electron chi connectivity index (χ1n) is 20.7. The van der Waals surface area contributed by atoms with Crippen LogP contribution in [0.2, 0.25) is 0 Å². The molecule has 0 aliphatic carbocycles. The van der Waals surface area contributed by atoms with Gasteiger partial charge >= 0.3 is 0 Å². The molecule has 0 saturated carbocycles. The number of carbonyl (C=O) groups excluding carboxylic acids is 1. The zero-order chi connectivity index (χ0) is 41.0. The number of nitrogens with one attached hydrogen (secondary N) is 1. The van der Waals surface area contributed by atoms with Gasteiger partial charge in [0.2, 0.25) is 5.91 Å². The van der Waals surface area contributed by atoms with Crippen molar-refractivity contribution in [3.63, 3.8) is 0 Å². The molecule has 11 heteroatoms. The molecule has 0 aliphatic rings. The summed E-state index contributed by atoms with van der Waals surface area (Å²) in [6, 6.07) is -0.978. The van der Waals surface area contributed by atoms with Crippen LogP contribution in [0.5, 0.6) is 0 Å². The van der Waals surface area contributed by atoms with Crippen LogP contribution in [-0.2, 0) is 18.4 Å². The number of phosphoric ester groups is 1. The zero-order valence-electron chi connectivity index (χ0n) is 34.8. The van der Waals surface area contributed by atoms with Gasteiger partial charge in [-0.1, -0.05) is 157 Å². The smallest absolute Gasteiger partial charge is 0.268 e. The molecule has 0 aromatic rings. The van der Waals surface area contributed by atoms with Crippen molar-refractivity contribution in [2.75, 3.05) is 40.9 Å². The maximum atomic E-state index is 12.8. The van der Waals surface area contributed by atoms with Crippen LogP contribution in [0.4, 0.5) is 0 Å². The Morgan fingerprint density at radius 1 is 0.727 bits per heavy atom. The van der Waals surface area contributed by atoms with Crippen LogP contribution >= 0.6 is 7.82 Å². The number of aliphatic hydroxyl groups excluding tert-OH is 3. The Hall–Kier alpha value is -2.40. The van der Waals surface area contributed by atoms with E-state index in [-0.39, 0.29) is 18.9 Å². The zero-order valence-corrected chi connectivity index (χ0v) is 35.7. The summed E-state index contributed by atoms with van der Waals surface area (Å²) in [5.41, 5.74) is 0. The van der Waals surface area contributed by atoms with Crippen LogP contribution in [0.1, 0.15) is 123 Å². The summed E-state index contributed by atoms with van der Waals surface area (Å²) < 4.78 is 23.0. The van der Waals surface area contributed by atoms with E-state index in [1.54, 1.807) is 36.5 Å². The van der Waals surface area contributed by atoms with Crippen LogP contribution in [-0.4, -0.2) is 91.0 Å².